The second-order valence-corrected chi connectivity index (χ2v) is 5.87. The standard InChI is InChI=1S/C19H18ClNO5/c1-21(10-11-25-17-8-6-16(20)7-9-17)18(23)13-26-19(24)15-4-2-14(12-22)3-5-15/h2-9,12H,10-11,13H2,1H3. The molecule has 1 amide bonds. The summed E-state index contributed by atoms with van der Waals surface area (Å²) in [7, 11) is 1.60. The van der Waals surface area contributed by atoms with Crippen LogP contribution in [0.5, 0.6) is 5.75 Å². The number of aldehydes is 1. The molecular weight excluding hydrogens is 358 g/mol. The van der Waals surface area contributed by atoms with Gasteiger partial charge in [-0.25, -0.2) is 4.79 Å². The zero-order chi connectivity index (χ0) is 18.9. The summed E-state index contributed by atoms with van der Waals surface area (Å²) >= 11 is 5.79. The number of halogens is 1. The molecule has 0 saturated heterocycles. The van der Waals surface area contributed by atoms with Crippen molar-refractivity contribution in [2.75, 3.05) is 26.8 Å². The highest BCUT2D eigenvalue weighted by molar-refractivity contribution is 6.30. The van der Waals surface area contributed by atoms with Crippen LogP contribution in [0.1, 0.15) is 20.7 Å². The fourth-order valence-electron chi connectivity index (χ4n) is 1.97. The number of likely N-dealkylation sites (N-methyl/N-ethyl adjacent to an activating group) is 1. The summed E-state index contributed by atoms with van der Waals surface area (Å²) in [4.78, 5) is 35.9. The predicted molar refractivity (Wildman–Crippen MR) is 96.7 cm³/mol. The van der Waals surface area contributed by atoms with Crippen molar-refractivity contribution < 1.29 is 23.9 Å². The highest BCUT2D eigenvalue weighted by Gasteiger charge is 2.13. The first-order chi connectivity index (χ1) is 12.5. The van der Waals surface area contributed by atoms with E-state index in [1.165, 1.54) is 29.2 Å². The van der Waals surface area contributed by atoms with Gasteiger partial charge in [0, 0.05) is 17.6 Å². The first kappa shape index (κ1) is 19.5. The molecule has 0 fully saturated rings. The van der Waals surface area contributed by atoms with Crippen LogP contribution in [0.2, 0.25) is 5.02 Å². The number of carbonyl (C=O) groups is 3. The van der Waals surface area contributed by atoms with Gasteiger partial charge in [0.1, 0.15) is 18.6 Å². The monoisotopic (exact) mass is 375 g/mol. The summed E-state index contributed by atoms with van der Waals surface area (Å²) in [6, 6.07) is 12.9. The molecule has 0 spiro atoms. The third kappa shape index (κ3) is 5.89. The Morgan fingerprint density at radius 1 is 1.08 bits per heavy atom. The molecule has 26 heavy (non-hydrogen) atoms. The van der Waals surface area contributed by atoms with Crippen LogP contribution in [0, 0.1) is 0 Å². The average Bonchev–Trinajstić information content (AvgIpc) is 2.67. The Kier molecular flexibility index (Phi) is 7.17. The zero-order valence-electron chi connectivity index (χ0n) is 14.2. The Hall–Kier alpha value is -2.86. The van der Waals surface area contributed by atoms with Gasteiger partial charge in [0.2, 0.25) is 0 Å². The lowest BCUT2D eigenvalue weighted by Crippen LogP contribution is -2.34. The number of hydrogen-bond acceptors (Lipinski definition) is 5. The van der Waals surface area contributed by atoms with E-state index in [0.717, 1.165) is 0 Å². The van der Waals surface area contributed by atoms with E-state index in [-0.39, 0.29) is 18.1 Å². The van der Waals surface area contributed by atoms with E-state index in [0.29, 0.717) is 35.8 Å². The predicted octanol–water partition coefficient (Wildman–Crippen LogP) is 2.85. The SMILES string of the molecule is CN(CCOc1ccc(Cl)cc1)C(=O)COC(=O)c1ccc(C=O)cc1. The fourth-order valence-corrected chi connectivity index (χ4v) is 2.10. The lowest BCUT2D eigenvalue weighted by atomic mass is 10.1. The van der Waals surface area contributed by atoms with E-state index in [9.17, 15) is 14.4 Å². The normalized spacial score (nSPS) is 10.1. The quantitative estimate of drug-likeness (QED) is 0.524. The second kappa shape index (κ2) is 9.58. The summed E-state index contributed by atoms with van der Waals surface area (Å²) < 4.78 is 10.5. The summed E-state index contributed by atoms with van der Waals surface area (Å²) in [5.74, 6) is -0.315. The van der Waals surface area contributed by atoms with Crippen LogP contribution in [0.15, 0.2) is 48.5 Å². The van der Waals surface area contributed by atoms with Crippen molar-refractivity contribution in [3.63, 3.8) is 0 Å². The zero-order valence-corrected chi connectivity index (χ0v) is 14.9. The molecule has 2 rings (SSSR count). The molecule has 0 N–H and O–H groups in total. The molecule has 0 saturated carbocycles. The summed E-state index contributed by atoms with van der Waals surface area (Å²) in [6.07, 6.45) is 0.680. The average molecular weight is 376 g/mol. The van der Waals surface area contributed by atoms with E-state index >= 15 is 0 Å². The minimum atomic E-state index is -0.624. The summed E-state index contributed by atoms with van der Waals surface area (Å²) in [5.41, 5.74) is 0.732. The smallest absolute Gasteiger partial charge is 0.338 e. The van der Waals surface area contributed by atoms with Crippen LogP contribution in [-0.2, 0) is 9.53 Å². The summed E-state index contributed by atoms with van der Waals surface area (Å²) in [6.45, 7) is 0.268. The molecule has 0 aromatic heterocycles. The fraction of sp³-hybridized carbons (Fsp3) is 0.211. The number of esters is 1. The first-order valence-corrected chi connectivity index (χ1v) is 8.22. The van der Waals surface area contributed by atoms with Crippen LogP contribution in [0.25, 0.3) is 0 Å². The van der Waals surface area contributed by atoms with Gasteiger partial charge in [0.25, 0.3) is 5.91 Å². The van der Waals surface area contributed by atoms with Crippen molar-refractivity contribution in [2.24, 2.45) is 0 Å². The van der Waals surface area contributed by atoms with E-state index in [1.807, 2.05) is 0 Å². The van der Waals surface area contributed by atoms with Crippen molar-refractivity contribution in [3.05, 3.63) is 64.7 Å². The Bertz CT molecular complexity index is 759. The van der Waals surface area contributed by atoms with Crippen molar-refractivity contribution in [1.82, 2.24) is 4.90 Å². The Balaban J connectivity index is 1.72. The van der Waals surface area contributed by atoms with Gasteiger partial charge in [0.15, 0.2) is 6.61 Å². The molecule has 0 aliphatic rings. The van der Waals surface area contributed by atoms with Crippen LogP contribution in [0.4, 0.5) is 0 Å². The number of benzene rings is 2. The van der Waals surface area contributed by atoms with Crippen LogP contribution in [0.3, 0.4) is 0 Å². The van der Waals surface area contributed by atoms with Crippen LogP contribution >= 0.6 is 11.6 Å². The van der Waals surface area contributed by atoms with Gasteiger partial charge >= 0.3 is 5.97 Å². The van der Waals surface area contributed by atoms with Crippen LogP contribution in [-0.4, -0.2) is 49.9 Å². The Morgan fingerprint density at radius 3 is 2.35 bits per heavy atom. The lowest BCUT2D eigenvalue weighted by molar-refractivity contribution is -0.133. The lowest BCUT2D eigenvalue weighted by Gasteiger charge is -2.17. The van der Waals surface area contributed by atoms with Crippen molar-refractivity contribution in [1.29, 1.82) is 0 Å². The number of carbonyl (C=O) groups excluding carboxylic acids is 3. The van der Waals surface area contributed by atoms with Gasteiger partial charge in [0.05, 0.1) is 12.1 Å². The van der Waals surface area contributed by atoms with Gasteiger partial charge in [-0.15, -0.1) is 0 Å². The molecule has 0 unspecified atom stereocenters. The van der Waals surface area contributed by atoms with Crippen LogP contribution < -0.4 is 4.74 Å². The van der Waals surface area contributed by atoms with Gasteiger partial charge in [-0.2, -0.15) is 0 Å². The Labute approximate surface area is 156 Å². The van der Waals surface area contributed by atoms with E-state index in [2.05, 4.69) is 0 Å². The maximum Gasteiger partial charge on any atom is 0.338 e. The van der Waals surface area contributed by atoms with Crippen molar-refractivity contribution in [2.45, 2.75) is 0 Å². The number of hydrogen-bond donors (Lipinski definition) is 0. The third-order valence-electron chi connectivity index (χ3n) is 3.54. The molecule has 0 atom stereocenters. The number of amides is 1. The first-order valence-electron chi connectivity index (χ1n) is 7.84. The maximum absolute atomic E-state index is 12.0. The molecule has 0 aliphatic carbocycles. The van der Waals surface area contributed by atoms with E-state index < -0.39 is 5.97 Å². The molecule has 0 heterocycles. The highest BCUT2D eigenvalue weighted by Crippen LogP contribution is 2.15. The second-order valence-electron chi connectivity index (χ2n) is 5.43. The summed E-state index contributed by atoms with van der Waals surface area (Å²) in [5, 5.41) is 0.618. The largest absolute Gasteiger partial charge is 0.492 e. The number of nitrogens with zero attached hydrogens (tertiary/aromatic N) is 1. The minimum Gasteiger partial charge on any atom is -0.492 e. The minimum absolute atomic E-state index is 0.275. The van der Waals surface area contributed by atoms with Gasteiger partial charge in [-0.05, 0) is 36.4 Å². The molecular formula is C19H18ClNO5. The van der Waals surface area contributed by atoms with Gasteiger partial charge in [-0.3, -0.25) is 9.59 Å². The number of ether oxygens (including phenoxy) is 2. The molecule has 2 aromatic carbocycles. The van der Waals surface area contributed by atoms with Crippen molar-refractivity contribution >= 4 is 29.8 Å². The van der Waals surface area contributed by atoms with Gasteiger partial charge < -0.3 is 14.4 Å². The van der Waals surface area contributed by atoms with Crippen molar-refractivity contribution in [3.8, 4) is 5.75 Å². The number of rotatable bonds is 8. The topological polar surface area (TPSA) is 72.9 Å². The molecule has 0 aliphatic heterocycles. The third-order valence-corrected chi connectivity index (χ3v) is 3.80. The van der Waals surface area contributed by atoms with E-state index in [1.54, 1.807) is 31.3 Å². The van der Waals surface area contributed by atoms with E-state index in [4.69, 9.17) is 21.1 Å². The molecule has 7 heteroatoms. The molecule has 0 bridgehead atoms. The molecule has 136 valence electrons. The Morgan fingerprint density at radius 2 is 1.73 bits per heavy atom. The molecule has 2 aromatic rings. The molecule has 0 radical (unpaired) electrons. The molecule has 6 nitrogen and oxygen atoms in total. The maximum atomic E-state index is 12.0. The van der Waals surface area contributed by atoms with Gasteiger partial charge in [-0.1, -0.05) is 23.7 Å². The highest BCUT2D eigenvalue weighted by atomic mass is 35.5.